The van der Waals surface area contributed by atoms with Crippen molar-refractivity contribution in [3.05, 3.63) is 35.9 Å². The van der Waals surface area contributed by atoms with Crippen molar-refractivity contribution in [2.45, 2.75) is 134 Å². The number of fused-ring (bicyclic) bond motifs is 1. The Morgan fingerprint density at radius 3 is 1.89 bits per heavy atom. The van der Waals surface area contributed by atoms with E-state index in [1.807, 2.05) is 51.1 Å². The summed E-state index contributed by atoms with van der Waals surface area (Å²) >= 11 is 1.11. The number of hydrogen-bond acceptors (Lipinski definition) is 8. The zero-order valence-electron chi connectivity index (χ0n) is 31.7. The van der Waals surface area contributed by atoms with Crippen LogP contribution in [0.2, 0.25) is 0 Å². The van der Waals surface area contributed by atoms with Gasteiger partial charge in [0.05, 0.1) is 5.75 Å². The number of nitrogens with zero attached hydrogens (tertiary/aromatic N) is 1. The fourth-order valence-corrected chi connectivity index (χ4v) is 7.39. The van der Waals surface area contributed by atoms with E-state index >= 15 is 0 Å². The minimum absolute atomic E-state index is 0.0445. The lowest BCUT2D eigenvalue weighted by molar-refractivity contribution is -0.142. The first-order valence-corrected chi connectivity index (χ1v) is 20.3. The van der Waals surface area contributed by atoms with Gasteiger partial charge < -0.3 is 36.8 Å². The molecule has 2 heterocycles. The summed E-state index contributed by atoms with van der Waals surface area (Å²) in [6.45, 7) is 6.23. The van der Waals surface area contributed by atoms with Gasteiger partial charge in [-0.25, -0.2) is 0 Å². The molecule has 2 saturated heterocycles. The Balaban J connectivity index is 2.01. The highest BCUT2D eigenvalue weighted by atomic mass is 32.2. The highest BCUT2D eigenvalue weighted by Crippen LogP contribution is 2.21. The van der Waals surface area contributed by atoms with Crippen molar-refractivity contribution in [1.82, 2.24) is 36.8 Å². The lowest BCUT2D eigenvalue weighted by Gasteiger charge is -2.31. The van der Waals surface area contributed by atoms with Gasteiger partial charge in [0.25, 0.3) is 0 Å². The van der Waals surface area contributed by atoms with Gasteiger partial charge in [-0.05, 0) is 37.7 Å². The number of benzene rings is 1. The molecule has 2 aliphatic heterocycles. The Morgan fingerprint density at radius 2 is 1.28 bits per heavy atom. The molecule has 0 spiro atoms. The van der Waals surface area contributed by atoms with E-state index in [0.717, 1.165) is 36.6 Å². The van der Waals surface area contributed by atoms with Crippen LogP contribution in [0.15, 0.2) is 30.3 Å². The molecule has 6 atom stereocenters. The van der Waals surface area contributed by atoms with Crippen LogP contribution >= 0.6 is 11.8 Å². The fraction of sp³-hybridized carbons (Fsp3) is 0.658. The molecule has 0 radical (unpaired) electrons. The number of hydrogen-bond donors (Lipinski definition) is 6. The van der Waals surface area contributed by atoms with Crippen LogP contribution in [0.3, 0.4) is 0 Å². The number of amides is 7. The molecular formula is C38H59N7O7S. The van der Waals surface area contributed by atoms with E-state index in [1.165, 1.54) is 11.9 Å². The Hall–Kier alpha value is -4.14. The summed E-state index contributed by atoms with van der Waals surface area (Å²) in [7, 11) is 1.44. The number of nitrogens with one attached hydrogen (secondary N) is 6. The predicted molar refractivity (Wildman–Crippen MR) is 205 cm³/mol. The molecule has 0 aliphatic carbocycles. The number of unbranched alkanes of at least 4 members (excludes halogenated alkanes) is 3. The maximum Gasteiger partial charge on any atom is 0.245 e. The zero-order valence-corrected chi connectivity index (χ0v) is 32.5. The summed E-state index contributed by atoms with van der Waals surface area (Å²) in [5.41, 5.74) is 0.805. The SMILES string of the molecule is CCCC[C@@H]1NC(=O)C2CCCN2C(=O)[C@H](CCCC)NC(=O)[C@H](Cc2ccccc2)NC(=O)CSC[C@H](C(=O)NC)NC(=O)[C@H](CCCC)NC1=O. The molecule has 53 heavy (non-hydrogen) atoms. The van der Waals surface area contributed by atoms with Gasteiger partial charge in [0.15, 0.2) is 0 Å². The number of rotatable bonds is 12. The predicted octanol–water partition coefficient (Wildman–Crippen LogP) is 1.71. The Morgan fingerprint density at radius 1 is 0.736 bits per heavy atom. The third-order valence-electron chi connectivity index (χ3n) is 9.59. The van der Waals surface area contributed by atoms with Crippen LogP contribution in [0.1, 0.15) is 97.0 Å². The van der Waals surface area contributed by atoms with Gasteiger partial charge in [-0.15, -0.1) is 11.8 Å². The molecular weight excluding hydrogens is 699 g/mol. The first kappa shape index (κ1) is 43.3. The van der Waals surface area contributed by atoms with Crippen molar-refractivity contribution < 1.29 is 33.6 Å². The maximum absolute atomic E-state index is 14.2. The first-order chi connectivity index (χ1) is 25.5. The van der Waals surface area contributed by atoms with Crippen LogP contribution in [0.5, 0.6) is 0 Å². The van der Waals surface area contributed by atoms with Crippen molar-refractivity contribution in [2.75, 3.05) is 25.1 Å². The summed E-state index contributed by atoms with van der Waals surface area (Å²) < 4.78 is 0. The van der Waals surface area contributed by atoms with Crippen molar-refractivity contribution in [1.29, 1.82) is 0 Å². The number of likely N-dealkylation sites (N-methyl/N-ethyl adjacent to an activating group) is 1. The first-order valence-electron chi connectivity index (χ1n) is 19.2. The molecule has 14 nitrogen and oxygen atoms in total. The molecule has 6 N–H and O–H groups in total. The highest BCUT2D eigenvalue weighted by molar-refractivity contribution is 8.00. The summed E-state index contributed by atoms with van der Waals surface area (Å²) in [4.78, 5) is 97.0. The normalized spacial score (nSPS) is 25.5. The quantitative estimate of drug-likeness (QED) is 0.186. The van der Waals surface area contributed by atoms with E-state index in [4.69, 9.17) is 0 Å². The van der Waals surface area contributed by atoms with Crippen LogP contribution in [0.25, 0.3) is 0 Å². The number of carbonyl (C=O) groups excluding carboxylic acids is 7. The molecule has 0 aromatic heterocycles. The van der Waals surface area contributed by atoms with Crippen LogP contribution in [0, 0.1) is 0 Å². The topological polar surface area (TPSA) is 195 Å². The molecule has 15 heteroatoms. The summed E-state index contributed by atoms with van der Waals surface area (Å²) in [6, 6.07) is 3.47. The van der Waals surface area contributed by atoms with Gasteiger partial charge in [-0.3, -0.25) is 33.6 Å². The van der Waals surface area contributed by atoms with Gasteiger partial charge in [0.1, 0.15) is 36.3 Å². The molecule has 1 unspecified atom stereocenters. The van der Waals surface area contributed by atoms with Crippen molar-refractivity contribution in [3.8, 4) is 0 Å². The molecule has 3 rings (SSSR count). The zero-order chi connectivity index (χ0) is 38.8. The van der Waals surface area contributed by atoms with Gasteiger partial charge in [-0.1, -0.05) is 89.6 Å². The van der Waals surface area contributed by atoms with E-state index in [9.17, 15) is 33.6 Å². The number of carbonyl (C=O) groups is 7. The minimum Gasteiger partial charge on any atom is -0.357 e. The summed E-state index contributed by atoms with van der Waals surface area (Å²) in [5, 5.41) is 16.7. The summed E-state index contributed by atoms with van der Waals surface area (Å²) in [6.07, 6.45) is 6.31. The van der Waals surface area contributed by atoms with E-state index in [2.05, 4.69) is 31.9 Å². The number of thioether (sulfide) groups is 1. The molecule has 1 aromatic carbocycles. The highest BCUT2D eigenvalue weighted by Gasteiger charge is 2.40. The molecule has 0 saturated carbocycles. The van der Waals surface area contributed by atoms with E-state index < -0.39 is 71.7 Å². The van der Waals surface area contributed by atoms with Crippen molar-refractivity contribution >= 4 is 53.1 Å². The van der Waals surface area contributed by atoms with Gasteiger partial charge in [0.2, 0.25) is 41.4 Å². The molecule has 2 aliphatic rings. The van der Waals surface area contributed by atoms with Crippen LogP contribution in [-0.4, -0.2) is 108 Å². The van der Waals surface area contributed by atoms with Crippen molar-refractivity contribution in [2.24, 2.45) is 0 Å². The monoisotopic (exact) mass is 757 g/mol. The van der Waals surface area contributed by atoms with Crippen LogP contribution < -0.4 is 31.9 Å². The van der Waals surface area contributed by atoms with E-state index in [-0.39, 0.29) is 23.8 Å². The largest absolute Gasteiger partial charge is 0.357 e. The van der Waals surface area contributed by atoms with Gasteiger partial charge >= 0.3 is 0 Å². The van der Waals surface area contributed by atoms with E-state index in [1.54, 1.807) is 0 Å². The average molecular weight is 758 g/mol. The summed E-state index contributed by atoms with van der Waals surface area (Å²) in [5.74, 6) is -3.46. The second-order valence-corrected chi connectivity index (χ2v) is 14.8. The molecule has 1 aromatic rings. The van der Waals surface area contributed by atoms with Gasteiger partial charge in [0, 0.05) is 25.8 Å². The Bertz CT molecular complexity index is 1400. The molecule has 7 amide bonds. The third kappa shape index (κ3) is 13.7. The maximum atomic E-state index is 14.2. The second-order valence-electron chi connectivity index (χ2n) is 13.8. The third-order valence-corrected chi connectivity index (χ3v) is 10.6. The fourth-order valence-electron chi connectivity index (χ4n) is 6.53. The van der Waals surface area contributed by atoms with Crippen LogP contribution in [0.4, 0.5) is 0 Å². The van der Waals surface area contributed by atoms with Crippen molar-refractivity contribution in [3.63, 3.8) is 0 Å². The second kappa shape index (κ2) is 22.8. The Labute approximate surface area is 317 Å². The molecule has 294 valence electrons. The van der Waals surface area contributed by atoms with E-state index in [0.29, 0.717) is 57.9 Å². The lowest BCUT2D eigenvalue weighted by atomic mass is 10.0. The lowest BCUT2D eigenvalue weighted by Crippen LogP contribution is -2.59. The average Bonchev–Trinajstić information content (AvgIpc) is 3.65. The van der Waals surface area contributed by atoms with Crippen LogP contribution in [-0.2, 0) is 40.0 Å². The minimum atomic E-state index is -1.02. The molecule has 0 bridgehead atoms. The molecule has 2 fully saturated rings. The van der Waals surface area contributed by atoms with Gasteiger partial charge in [-0.2, -0.15) is 0 Å². The Kier molecular flexibility index (Phi) is 18.6. The smallest absolute Gasteiger partial charge is 0.245 e. The standard InChI is InChI=1S/C38H59N7O7S/c1-5-8-17-26-35(49)44-30(33(47)39-4)23-53-24-32(46)40-29(22-25-15-12-11-13-16-25)36(50)43-28(19-10-7-3)38(52)45-21-14-20-31(45)37(51)42-27(18-9-6-2)34(48)41-26/h11-13,15-16,26-31H,5-10,14,17-24H2,1-4H3,(H,39,47)(H,40,46)(H,41,48)(H,42,51)(H,43,50)(H,44,49)/t26-,27-,28-,29-,30+,31?/m0/s1.